The minimum absolute atomic E-state index is 0.0423. The Morgan fingerprint density at radius 3 is 2.47 bits per heavy atom. The van der Waals surface area contributed by atoms with Crippen molar-refractivity contribution >= 4 is 40.0 Å². The molecule has 38 heavy (non-hydrogen) atoms. The highest BCUT2D eigenvalue weighted by Gasteiger charge is 2.24. The molecule has 1 amide bonds. The third-order valence-corrected chi connectivity index (χ3v) is 7.05. The molecule has 0 saturated heterocycles. The van der Waals surface area contributed by atoms with Crippen molar-refractivity contribution in [2.45, 2.75) is 31.2 Å². The first-order valence-corrected chi connectivity index (χ1v) is 13.2. The second-order valence-corrected chi connectivity index (χ2v) is 10.0. The number of hydrogen-bond acceptors (Lipinski definition) is 6. The zero-order chi connectivity index (χ0) is 26.6. The first-order valence-electron chi connectivity index (χ1n) is 12.3. The second-order valence-electron chi connectivity index (χ2n) is 8.70. The van der Waals surface area contributed by atoms with Crippen LogP contribution >= 0.6 is 11.8 Å². The second kappa shape index (κ2) is 10.9. The van der Waals surface area contributed by atoms with Gasteiger partial charge in [0.05, 0.1) is 11.9 Å². The summed E-state index contributed by atoms with van der Waals surface area (Å²) in [7, 11) is 0. The van der Waals surface area contributed by atoms with Crippen molar-refractivity contribution in [3.05, 3.63) is 84.6 Å². The topological polar surface area (TPSA) is 102 Å². The van der Waals surface area contributed by atoms with Gasteiger partial charge >= 0.3 is 0 Å². The fraction of sp³-hybridized carbons (Fsp3) is 0.172. The highest BCUT2D eigenvalue weighted by molar-refractivity contribution is 8.00. The quantitative estimate of drug-likeness (QED) is 0.177. The fourth-order valence-electron chi connectivity index (χ4n) is 4.24. The number of nitrogens with one attached hydrogen (secondary N) is 2. The highest BCUT2D eigenvalue weighted by Crippen LogP contribution is 2.34. The van der Waals surface area contributed by atoms with E-state index in [2.05, 4.69) is 20.5 Å². The Labute approximate surface area is 224 Å². The van der Waals surface area contributed by atoms with Crippen LogP contribution in [0.25, 0.3) is 28.0 Å². The molecular weight excluding hydrogens is 498 g/mol. The summed E-state index contributed by atoms with van der Waals surface area (Å²) in [6.45, 7) is 5.84. The van der Waals surface area contributed by atoms with Gasteiger partial charge < -0.3 is 15.0 Å². The SMILES string of the molecule is CCOc1ccc(-n2c(S[C@H](C)C(=O)c3ccc(NC(C)=O)cc3)nnc2-c2c[nH]c3ccccc23)cc1. The largest absolute Gasteiger partial charge is 0.494 e. The third-order valence-electron chi connectivity index (χ3n) is 6.01. The number of benzene rings is 3. The molecule has 3 aromatic carbocycles. The number of thioether (sulfide) groups is 1. The third kappa shape index (κ3) is 5.19. The maximum absolute atomic E-state index is 13.3. The number of ether oxygens (including phenoxy) is 1. The molecule has 5 rings (SSSR count). The average molecular weight is 526 g/mol. The van der Waals surface area contributed by atoms with Crippen LogP contribution in [0.15, 0.2) is 84.1 Å². The Balaban J connectivity index is 1.49. The maximum Gasteiger partial charge on any atom is 0.221 e. The number of aromatic amines is 1. The molecule has 0 aliphatic heterocycles. The lowest BCUT2D eigenvalue weighted by Gasteiger charge is -2.14. The predicted octanol–water partition coefficient (Wildman–Crippen LogP) is 6.14. The lowest BCUT2D eigenvalue weighted by molar-refractivity contribution is -0.114. The first-order chi connectivity index (χ1) is 18.4. The van der Waals surface area contributed by atoms with Gasteiger partial charge in [-0.15, -0.1) is 10.2 Å². The van der Waals surface area contributed by atoms with E-state index in [4.69, 9.17) is 4.74 Å². The molecule has 2 aromatic heterocycles. The molecule has 0 spiro atoms. The van der Waals surface area contributed by atoms with E-state index in [1.165, 1.54) is 18.7 Å². The van der Waals surface area contributed by atoms with E-state index >= 15 is 0 Å². The van der Waals surface area contributed by atoms with Gasteiger partial charge in [0.1, 0.15) is 5.75 Å². The number of nitrogens with zero attached hydrogens (tertiary/aromatic N) is 3. The number of Topliss-reactive ketones (excluding diaryl/α,β-unsaturated/α-hetero) is 1. The summed E-state index contributed by atoms with van der Waals surface area (Å²) in [6.07, 6.45) is 1.93. The van der Waals surface area contributed by atoms with Crippen molar-refractivity contribution in [3.63, 3.8) is 0 Å². The van der Waals surface area contributed by atoms with Gasteiger partial charge in [-0.25, -0.2) is 0 Å². The number of amides is 1. The smallest absolute Gasteiger partial charge is 0.221 e. The summed E-state index contributed by atoms with van der Waals surface area (Å²) in [5.41, 5.74) is 3.99. The Hall–Kier alpha value is -4.37. The van der Waals surface area contributed by atoms with Crippen LogP contribution in [0, 0.1) is 0 Å². The number of carbonyl (C=O) groups is 2. The summed E-state index contributed by atoms with van der Waals surface area (Å²) < 4.78 is 7.60. The first kappa shape index (κ1) is 25.3. The van der Waals surface area contributed by atoms with Gasteiger partial charge in [-0.2, -0.15) is 0 Å². The van der Waals surface area contributed by atoms with Crippen LogP contribution < -0.4 is 10.1 Å². The molecule has 0 aliphatic rings. The fourth-order valence-corrected chi connectivity index (χ4v) is 5.18. The molecule has 2 heterocycles. The van der Waals surface area contributed by atoms with Crippen LogP contribution in [-0.4, -0.2) is 43.3 Å². The summed E-state index contributed by atoms with van der Waals surface area (Å²) >= 11 is 1.35. The predicted molar refractivity (Wildman–Crippen MR) is 150 cm³/mol. The van der Waals surface area contributed by atoms with E-state index in [0.29, 0.717) is 28.8 Å². The zero-order valence-corrected chi connectivity index (χ0v) is 22.1. The summed E-state index contributed by atoms with van der Waals surface area (Å²) in [4.78, 5) is 27.9. The molecule has 0 unspecified atom stereocenters. The van der Waals surface area contributed by atoms with Gasteiger partial charge in [0.2, 0.25) is 5.91 Å². The molecule has 8 nitrogen and oxygen atoms in total. The maximum atomic E-state index is 13.3. The van der Waals surface area contributed by atoms with Crippen LogP contribution in [0.4, 0.5) is 5.69 Å². The molecule has 0 fully saturated rings. The molecular formula is C29H27N5O3S. The van der Waals surface area contributed by atoms with Crippen molar-refractivity contribution in [2.75, 3.05) is 11.9 Å². The van der Waals surface area contributed by atoms with Crippen LogP contribution in [0.2, 0.25) is 0 Å². The minimum Gasteiger partial charge on any atom is -0.494 e. The number of carbonyl (C=O) groups excluding carboxylic acids is 2. The Bertz CT molecular complexity index is 1590. The molecule has 1 atom stereocenters. The number of anilines is 1. The molecule has 192 valence electrons. The average Bonchev–Trinajstić information content (AvgIpc) is 3.53. The van der Waals surface area contributed by atoms with Crippen LogP contribution in [-0.2, 0) is 4.79 Å². The van der Waals surface area contributed by atoms with Crippen molar-refractivity contribution in [3.8, 4) is 22.8 Å². The number of hydrogen-bond donors (Lipinski definition) is 2. The Morgan fingerprint density at radius 1 is 1.03 bits per heavy atom. The lowest BCUT2D eigenvalue weighted by Crippen LogP contribution is -2.15. The molecule has 0 aliphatic carbocycles. The van der Waals surface area contributed by atoms with Gasteiger partial charge in [0.25, 0.3) is 0 Å². The van der Waals surface area contributed by atoms with Crippen molar-refractivity contribution < 1.29 is 14.3 Å². The van der Waals surface area contributed by atoms with Gasteiger partial charge in [-0.05, 0) is 68.4 Å². The van der Waals surface area contributed by atoms with E-state index in [9.17, 15) is 9.59 Å². The van der Waals surface area contributed by atoms with E-state index in [1.54, 1.807) is 24.3 Å². The molecule has 5 aromatic rings. The number of ketones is 1. The van der Waals surface area contributed by atoms with Crippen molar-refractivity contribution in [1.82, 2.24) is 19.7 Å². The standard InChI is InChI=1S/C29H27N5O3S/c1-4-37-23-15-13-22(14-16-23)34-28(25-17-30-26-8-6-5-7-24(25)26)32-33-29(34)38-18(2)27(36)20-9-11-21(12-10-20)31-19(3)35/h5-18,30H,4H2,1-3H3,(H,31,35)/t18-/m1/s1. The zero-order valence-electron chi connectivity index (χ0n) is 21.3. The summed E-state index contributed by atoms with van der Waals surface area (Å²) in [5.74, 6) is 1.25. The number of para-hydroxylation sites is 1. The molecule has 0 saturated carbocycles. The number of rotatable bonds is 9. The highest BCUT2D eigenvalue weighted by atomic mass is 32.2. The van der Waals surface area contributed by atoms with Crippen molar-refractivity contribution in [1.29, 1.82) is 0 Å². The van der Waals surface area contributed by atoms with Gasteiger partial charge in [0, 0.05) is 46.5 Å². The lowest BCUT2D eigenvalue weighted by atomic mass is 10.1. The minimum atomic E-state index is -0.428. The molecule has 2 N–H and O–H groups in total. The number of H-pyrrole nitrogens is 1. The Morgan fingerprint density at radius 2 is 1.76 bits per heavy atom. The molecule has 0 radical (unpaired) electrons. The van der Waals surface area contributed by atoms with Crippen LogP contribution in [0.3, 0.4) is 0 Å². The van der Waals surface area contributed by atoms with Crippen LogP contribution in [0.1, 0.15) is 31.1 Å². The van der Waals surface area contributed by atoms with Crippen molar-refractivity contribution in [2.24, 2.45) is 0 Å². The Kier molecular flexibility index (Phi) is 7.28. The molecule has 9 heteroatoms. The summed E-state index contributed by atoms with van der Waals surface area (Å²) in [5, 5.41) is 13.0. The summed E-state index contributed by atoms with van der Waals surface area (Å²) in [6, 6.07) is 22.7. The van der Waals surface area contributed by atoms with Gasteiger partial charge in [-0.3, -0.25) is 14.2 Å². The van der Waals surface area contributed by atoms with Gasteiger partial charge in [-0.1, -0.05) is 30.0 Å². The normalized spacial score (nSPS) is 11.9. The number of fused-ring (bicyclic) bond motifs is 1. The monoisotopic (exact) mass is 525 g/mol. The van der Waals surface area contributed by atoms with Gasteiger partial charge in [0.15, 0.2) is 16.8 Å². The van der Waals surface area contributed by atoms with E-state index < -0.39 is 5.25 Å². The van der Waals surface area contributed by atoms with E-state index in [-0.39, 0.29) is 11.7 Å². The van der Waals surface area contributed by atoms with Crippen LogP contribution in [0.5, 0.6) is 5.75 Å². The van der Waals surface area contributed by atoms with E-state index in [1.807, 2.05) is 73.1 Å². The number of aromatic nitrogens is 4. The van der Waals surface area contributed by atoms with E-state index in [0.717, 1.165) is 27.9 Å². The molecule has 0 bridgehead atoms.